The van der Waals surface area contributed by atoms with Crippen LogP contribution in [0.2, 0.25) is 0 Å². The van der Waals surface area contributed by atoms with Crippen LogP contribution in [0.15, 0.2) is 35.0 Å². The molecule has 0 spiro atoms. The fourth-order valence-electron chi connectivity index (χ4n) is 2.62. The molecular formula is C18H19N3O5S. The molecule has 9 heteroatoms. The Balaban J connectivity index is 1.59. The largest absolute Gasteiger partial charge is 0.488 e. The number of hydrogen-bond acceptors (Lipinski definition) is 7. The first kappa shape index (κ1) is 18.7. The van der Waals surface area contributed by atoms with E-state index in [1.165, 1.54) is 23.3 Å². The average molecular weight is 389 g/mol. The summed E-state index contributed by atoms with van der Waals surface area (Å²) in [4.78, 5) is 25.1. The van der Waals surface area contributed by atoms with Crippen LogP contribution in [-0.4, -0.2) is 44.3 Å². The summed E-state index contributed by atoms with van der Waals surface area (Å²) in [5.74, 6) is 0.215. The normalized spacial score (nSPS) is 16.1. The van der Waals surface area contributed by atoms with Crippen molar-refractivity contribution < 1.29 is 23.8 Å². The number of carbonyl (C=O) groups is 2. The summed E-state index contributed by atoms with van der Waals surface area (Å²) in [5, 5.41) is 11.0. The molecule has 1 aliphatic heterocycles. The SMILES string of the molecule is COC(=O)Cc1cscc1OCC1CN(c2ccc(C(=N)N)cc2)C(=O)O1. The van der Waals surface area contributed by atoms with E-state index in [0.29, 0.717) is 23.5 Å². The van der Waals surface area contributed by atoms with E-state index in [-0.39, 0.29) is 24.8 Å². The van der Waals surface area contributed by atoms with Gasteiger partial charge in [-0.05, 0) is 29.6 Å². The molecule has 1 unspecified atom stereocenters. The summed E-state index contributed by atoms with van der Waals surface area (Å²) in [6, 6.07) is 6.79. The third-order valence-corrected chi connectivity index (χ3v) is 4.82. The Morgan fingerprint density at radius 2 is 2.11 bits per heavy atom. The van der Waals surface area contributed by atoms with E-state index in [0.717, 1.165) is 5.56 Å². The maximum absolute atomic E-state index is 12.1. The Bertz CT molecular complexity index is 849. The zero-order chi connectivity index (χ0) is 19.4. The summed E-state index contributed by atoms with van der Waals surface area (Å²) in [7, 11) is 1.34. The lowest BCUT2D eigenvalue weighted by Crippen LogP contribution is -2.26. The third-order valence-electron chi connectivity index (χ3n) is 4.05. The minimum Gasteiger partial charge on any atom is -0.488 e. The van der Waals surface area contributed by atoms with Gasteiger partial charge in [-0.2, -0.15) is 0 Å². The van der Waals surface area contributed by atoms with Crippen molar-refractivity contribution in [3.63, 3.8) is 0 Å². The molecule has 8 nitrogen and oxygen atoms in total. The molecule has 1 aromatic carbocycles. The fraction of sp³-hybridized carbons (Fsp3) is 0.278. The Kier molecular flexibility index (Phi) is 5.60. The lowest BCUT2D eigenvalue weighted by molar-refractivity contribution is -0.139. The fourth-order valence-corrected chi connectivity index (χ4v) is 3.39. The summed E-state index contributed by atoms with van der Waals surface area (Å²) in [6.45, 7) is 0.521. The molecule has 0 saturated carbocycles. The van der Waals surface area contributed by atoms with Crippen LogP contribution in [0.5, 0.6) is 5.75 Å². The van der Waals surface area contributed by atoms with Crippen LogP contribution in [0.1, 0.15) is 11.1 Å². The van der Waals surface area contributed by atoms with Crippen LogP contribution in [-0.2, 0) is 20.7 Å². The lowest BCUT2D eigenvalue weighted by atomic mass is 10.2. The van der Waals surface area contributed by atoms with Crippen molar-refractivity contribution in [2.75, 3.05) is 25.2 Å². The zero-order valence-electron chi connectivity index (χ0n) is 14.6. The van der Waals surface area contributed by atoms with Gasteiger partial charge in [0.1, 0.15) is 18.2 Å². The zero-order valence-corrected chi connectivity index (χ0v) is 15.5. The minimum absolute atomic E-state index is 0.0321. The van der Waals surface area contributed by atoms with Gasteiger partial charge in [0.2, 0.25) is 0 Å². The van der Waals surface area contributed by atoms with Crippen molar-refractivity contribution in [1.29, 1.82) is 5.41 Å². The molecule has 1 aromatic heterocycles. The summed E-state index contributed by atoms with van der Waals surface area (Å²) < 4.78 is 15.8. The molecule has 2 heterocycles. The average Bonchev–Trinajstić information content (AvgIpc) is 3.26. The maximum Gasteiger partial charge on any atom is 0.414 e. The highest BCUT2D eigenvalue weighted by Crippen LogP contribution is 2.26. The molecule has 3 N–H and O–H groups in total. The third kappa shape index (κ3) is 4.37. The van der Waals surface area contributed by atoms with Crippen LogP contribution in [0.25, 0.3) is 0 Å². The number of amidine groups is 1. The Hall–Kier alpha value is -3.07. The topological polar surface area (TPSA) is 115 Å². The second kappa shape index (κ2) is 8.09. The number of ether oxygens (including phenoxy) is 3. The second-order valence-corrected chi connectivity index (χ2v) is 6.65. The Labute approximate surface area is 159 Å². The van der Waals surface area contributed by atoms with Gasteiger partial charge in [0.15, 0.2) is 6.10 Å². The standard InChI is InChI=1S/C18H19N3O5S/c1-24-16(22)6-12-9-27-10-15(12)25-8-14-7-21(18(23)26-14)13-4-2-11(3-5-13)17(19)20/h2-5,9-10,14H,6-8H2,1H3,(H3,19,20). The number of rotatable bonds is 7. The molecule has 0 bridgehead atoms. The number of nitrogens with two attached hydrogens (primary N) is 1. The highest BCUT2D eigenvalue weighted by atomic mass is 32.1. The van der Waals surface area contributed by atoms with Gasteiger partial charge in [-0.15, -0.1) is 11.3 Å². The molecule has 3 rings (SSSR count). The van der Waals surface area contributed by atoms with E-state index in [1.807, 2.05) is 5.38 Å². The Morgan fingerprint density at radius 3 is 2.78 bits per heavy atom. The molecule has 1 fully saturated rings. The van der Waals surface area contributed by atoms with E-state index in [2.05, 4.69) is 4.74 Å². The number of carbonyl (C=O) groups excluding carboxylic acids is 2. The van der Waals surface area contributed by atoms with E-state index < -0.39 is 12.2 Å². The number of nitrogens with one attached hydrogen (secondary N) is 1. The van der Waals surface area contributed by atoms with Crippen molar-refractivity contribution in [2.24, 2.45) is 5.73 Å². The first-order valence-electron chi connectivity index (χ1n) is 8.15. The van der Waals surface area contributed by atoms with Gasteiger partial charge in [0.05, 0.1) is 20.1 Å². The van der Waals surface area contributed by atoms with Crippen LogP contribution >= 0.6 is 11.3 Å². The molecule has 1 atom stereocenters. The van der Waals surface area contributed by atoms with Crippen molar-refractivity contribution in [1.82, 2.24) is 0 Å². The molecule has 2 aromatic rings. The van der Waals surface area contributed by atoms with Gasteiger partial charge in [-0.25, -0.2) is 4.79 Å². The number of cyclic esters (lactones) is 1. The van der Waals surface area contributed by atoms with Crippen LogP contribution < -0.4 is 15.4 Å². The number of thiophene rings is 1. The quantitative estimate of drug-likeness (QED) is 0.426. The summed E-state index contributed by atoms with van der Waals surface area (Å²) >= 11 is 1.42. The number of nitrogen functional groups attached to an aromatic ring is 1. The number of methoxy groups -OCH3 is 1. The number of nitrogens with zero attached hydrogens (tertiary/aromatic N) is 1. The summed E-state index contributed by atoms with van der Waals surface area (Å²) in [5.41, 5.74) is 7.43. The van der Waals surface area contributed by atoms with E-state index in [1.54, 1.807) is 29.6 Å². The molecule has 0 aliphatic carbocycles. The second-order valence-electron chi connectivity index (χ2n) is 5.90. The molecule has 0 radical (unpaired) electrons. The van der Waals surface area contributed by atoms with Crippen molar-refractivity contribution in [3.8, 4) is 5.75 Å². The molecule has 1 saturated heterocycles. The highest BCUT2D eigenvalue weighted by molar-refractivity contribution is 7.08. The predicted octanol–water partition coefficient (Wildman–Crippen LogP) is 2.15. The van der Waals surface area contributed by atoms with Crippen molar-refractivity contribution in [2.45, 2.75) is 12.5 Å². The van der Waals surface area contributed by atoms with Crippen molar-refractivity contribution >= 4 is 34.9 Å². The van der Waals surface area contributed by atoms with Gasteiger partial charge in [-0.3, -0.25) is 15.1 Å². The van der Waals surface area contributed by atoms with Crippen LogP contribution in [0.3, 0.4) is 0 Å². The number of benzene rings is 1. The van der Waals surface area contributed by atoms with Crippen LogP contribution in [0, 0.1) is 5.41 Å². The highest BCUT2D eigenvalue weighted by Gasteiger charge is 2.33. The first-order chi connectivity index (χ1) is 13.0. The smallest absolute Gasteiger partial charge is 0.414 e. The predicted molar refractivity (Wildman–Crippen MR) is 101 cm³/mol. The molecule has 1 amide bonds. The van der Waals surface area contributed by atoms with Gasteiger partial charge in [0.25, 0.3) is 0 Å². The van der Waals surface area contributed by atoms with Gasteiger partial charge in [-0.1, -0.05) is 0 Å². The molecule has 1 aliphatic rings. The first-order valence-corrected chi connectivity index (χ1v) is 9.09. The number of anilines is 1. The molecule has 142 valence electrons. The van der Waals surface area contributed by atoms with Crippen molar-refractivity contribution in [3.05, 3.63) is 46.2 Å². The van der Waals surface area contributed by atoms with E-state index in [9.17, 15) is 9.59 Å². The summed E-state index contributed by atoms with van der Waals surface area (Å²) in [6.07, 6.45) is -0.760. The molecular weight excluding hydrogens is 370 g/mol. The van der Waals surface area contributed by atoms with Crippen LogP contribution in [0.4, 0.5) is 10.5 Å². The van der Waals surface area contributed by atoms with Gasteiger partial charge < -0.3 is 19.9 Å². The minimum atomic E-state index is -0.459. The van der Waals surface area contributed by atoms with Gasteiger partial charge >= 0.3 is 12.1 Å². The van der Waals surface area contributed by atoms with E-state index >= 15 is 0 Å². The molecule has 27 heavy (non-hydrogen) atoms. The lowest BCUT2D eigenvalue weighted by Gasteiger charge is -2.13. The monoisotopic (exact) mass is 389 g/mol. The maximum atomic E-state index is 12.1. The number of amides is 1. The van der Waals surface area contributed by atoms with E-state index in [4.69, 9.17) is 20.6 Å². The number of esters is 1. The number of hydrogen-bond donors (Lipinski definition) is 2. The Morgan fingerprint density at radius 1 is 1.37 bits per heavy atom. The van der Waals surface area contributed by atoms with Gasteiger partial charge in [0, 0.05) is 22.2 Å².